The van der Waals surface area contributed by atoms with Crippen molar-refractivity contribution >= 4 is 17.2 Å². The van der Waals surface area contributed by atoms with Crippen molar-refractivity contribution in [3.05, 3.63) is 40.8 Å². The van der Waals surface area contributed by atoms with E-state index >= 15 is 0 Å². The lowest BCUT2D eigenvalue weighted by Crippen LogP contribution is -2.33. The number of rotatable bonds is 4. The molecular formula is C15H16N2OS. The van der Waals surface area contributed by atoms with Gasteiger partial charge in [-0.1, -0.05) is 6.42 Å². The summed E-state index contributed by atoms with van der Waals surface area (Å²) in [6.45, 7) is 0.570. The zero-order valence-corrected chi connectivity index (χ0v) is 11.5. The topological polar surface area (TPSA) is 42.0 Å². The van der Waals surface area contributed by atoms with Crippen LogP contribution in [0.15, 0.2) is 35.3 Å². The number of pyridine rings is 1. The summed E-state index contributed by atoms with van der Waals surface area (Å²) < 4.78 is 0. The maximum absolute atomic E-state index is 11.8. The average molecular weight is 272 g/mol. The molecule has 1 aliphatic carbocycles. The van der Waals surface area contributed by atoms with E-state index < -0.39 is 0 Å². The van der Waals surface area contributed by atoms with Gasteiger partial charge in [-0.2, -0.15) is 11.3 Å². The number of amides is 1. The minimum absolute atomic E-state index is 0.187. The largest absolute Gasteiger partial charge is 0.352 e. The maximum Gasteiger partial charge on any atom is 0.223 e. The number of carbonyl (C=O) groups excluding carboxylic acids is 1. The standard InChI is InChI=1S/C15H16N2OS/c18-15(12-2-1-3-12)17-8-11-6-14(9-16-7-11)13-4-5-19-10-13/h4-7,9-10,12H,1-3,8H2,(H,17,18). The zero-order valence-electron chi connectivity index (χ0n) is 10.6. The van der Waals surface area contributed by atoms with E-state index in [2.05, 4.69) is 33.2 Å². The van der Waals surface area contributed by atoms with Gasteiger partial charge in [0.05, 0.1) is 0 Å². The van der Waals surface area contributed by atoms with Gasteiger partial charge in [-0.25, -0.2) is 0 Å². The van der Waals surface area contributed by atoms with E-state index in [9.17, 15) is 4.79 Å². The van der Waals surface area contributed by atoms with E-state index in [1.165, 1.54) is 12.0 Å². The van der Waals surface area contributed by atoms with Crippen LogP contribution < -0.4 is 5.32 Å². The quantitative estimate of drug-likeness (QED) is 0.928. The van der Waals surface area contributed by atoms with Gasteiger partial charge >= 0.3 is 0 Å². The van der Waals surface area contributed by atoms with Crippen molar-refractivity contribution in [2.24, 2.45) is 5.92 Å². The molecule has 0 aliphatic heterocycles. The number of hydrogen-bond acceptors (Lipinski definition) is 3. The number of aromatic nitrogens is 1. The lowest BCUT2D eigenvalue weighted by atomic mass is 9.85. The third-order valence-electron chi connectivity index (χ3n) is 3.59. The van der Waals surface area contributed by atoms with Gasteiger partial charge in [0.15, 0.2) is 0 Å². The van der Waals surface area contributed by atoms with Crippen molar-refractivity contribution in [1.29, 1.82) is 0 Å². The smallest absolute Gasteiger partial charge is 0.223 e. The Morgan fingerprint density at radius 2 is 2.26 bits per heavy atom. The maximum atomic E-state index is 11.8. The molecule has 19 heavy (non-hydrogen) atoms. The van der Waals surface area contributed by atoms with E-state index in [1.54, 1.807) is 11.3 Å². The molecule has 1 aliphatic rings. The molecule has 0 radical (unpaired) electrons. The number of nitrogens with zero attached hydrogens (tertiary/aromatic N) is 1. The van der Waals surface area contributed by atoms with Gasteiger partial charge in [-0.05, 0) is 46.9 Å². The summed E-state index contributed by atoms with van der Waals surface area (Å²) in [4.78, 5) is 16.0. The van der Waals surface area contributed by atoms with Crippen LogP contribution in [-0.2, 0) is 11.3 Å². The Balaban J connectivity index is 1.64. The molecule has 2 aromatic heterocycles. The fourth-order valence-corrected chi connectivity index (χ4v) is 2.84. The van der Waals surface area contributed by atoms with Crippen LogP contribution in [0, 0.1) is 5.92 Å². The molecule has 1 N–H and O–H groups in total. The first-order valence-corrected chi connectivity index (χ1v) is 7.51. The fourth-order valence-electron chi connectivity index (χ4n) is 2.17. The number of thiophene rings is 1. The molecule has 2 heterocycles. The summed E-state index contributed by atoms with van der Waals surface area (Å²) in [7, 11) is 0. The van der Waals surface area contributed by atoms with Crippen molar-refractivity contribution < 1.29 is 4.79 Å². The predicted octanol–water partition coefficient (Wildman–Crippen LogP) is 3.23. The van der Waals surface area contributed by atoms with Gasteiger partial charge in [-0.3, -0.25) is 9.78 Å². The van der Waals surface area contributed by atoms with Crippen molar-refractivity contribution in [3.8, 4) is 11.1 Å². The third kappa shape index (κ3) is 2.84. The molecule has 0 spiro atoms. The van der Waals surface area contributed by atoms with E-state index in [0.29, 0.717) is 6.54 Å². The lowest BCUT2D eigenvalue weighted by Gasteiger charge is -2.24. The van der Waals surface area contributed by atoms with Crippen LogP contribution >= 0.6 is 11.3 Å². The molecule has 0 saturated heterocycles. The number of hydrogen-bond donors (Lipinski definition) is 1. The summed E-state index contributed by atoms with van der Waals surface area (Å²) >= 11 is 1.68. The lowest BCUT2D eigenvalue weighted by molar-refractivity contribution is -0.127. The van der Waals surface area contributed by atoms with Crippen LogP contribution in [0.1, 0.15) is 24.8 Å². The number of nitrogens with one attached hydrogen (secondary N) is 1. The fraction of sp³-hybridized carbons (Fsp3) is 0.333. The second-order valence-corrected chi connectivity index (χ2v) is 5.72. The Morgan fingerprint density at radius 3 is 2.95 bits per heavy atom. The Kier molecular flexibility index (Phi) is 3.60. The molecule has 2 aromatic rings. The molecule has 3 rings (SSSR count). The molecule has 0 atom stereocenters. The first-order valence-electron chi connectivity index (χ1n) is 6.57. The Hall–Kier alpha value is -1.68. The first kappa shape index (κ1) is 12.4. The van der Waals surface area contributed by atoms with Crippen LogP contribution in [-0.4, -0.2) is 10.9 Å². The van der Waals surface area contributed by atoms with E-state index in [4.69, 9.17) is 0 Å². The summed E-state index contributed by atoms with van der Waals surface area (Å²) in [5, 5.41) is 7.16. The van der Waals surface area contributed by atoms with Crippen molar-refractivity contribution in [1.82, 2.24) is 10.3 Å². The zero-order chi connectivity index (χ0) is 13.1. The molecule has 0 unspecified atom stereocenters. The van der Waals surface area contributed by atoms with Crippen LogP contribution in [0.3, 0.4) is 0 Å². The Bertz CT molecular complexity index is 561. The SMILES string of the molecule is O=C(NCc1cncc(-c2ccsc2)c1)C1CCC1. The monoisotopic (exact) mass is 272 g/mol. The molecule has 1 saturated carbocycles. The van der Waals surface area contributed by atoms with E-state index in [-0.39, 0.29) is 11.8 Å². The second-order valence-electron chi connectivity index (χ2n) is 4.94. The molecular weight excluding hydrogens is 256 g/mol. The molecule has 4 heteroatoms. The summed E-state index contributed by atoms with van der Waals surface area (Å²) in [5.41, 5.74) is 3.35. The average Bonchev–Trinajstić information content (AvgIpc) is 2.88. The summed E-state index contributed by atoms with van der Waals surface area (Å²) in [5.74, 6) is 0.431. The van der Waals surface area contributed by atoms with Gasteiger partial charge in [0.2, 0.25) is 5.91 Å². The Morgan fingerprint density at radius 1 is 1.37 bits per heavy atom. The summed E-state index contributed by atoms with van der Waals surface area (Å²) in [6, 6.07) is 4.18. The highest BCUT2D eigenvalue weighted by molar-refractivity contribution is 7.08. The summed E-state index contributed by atoms with van der Waals surface area (Å²) in [6.07, 6.45) is 6.95. The van der Waals surface area contributed by atoms with Crippen molar-refractivity contribution in [2.75, 3.05) is 0 Å². The van der Waals surface area contributed by atoms with E-state index in [0.717, 1.165) is 24.0 Å². The van der Waals surface area contributed by atoms with Gasteiger partial charge in [0.1, 0.15) is 0 Å². The molecule has 3 nitrogen and oxygen atoms in total. The normalized spacial score (nSPS) is 14.9. The predicted molar refractivity (Wildman–Crippen MR) is 76.7 cm³/mol. The minimum Gasteiger partial charge on any atom is -0.352 e. The molecule has 98 valence electrons. The third-order valence-corrected chi connectivity index (χ3v) is 4.28. The van der Waals surface area contributed by atoms with Crippen molar-refractivity contribution in [3.63, 3.8) is 0 Å². The van der Waals surface area contributed by atoms with Crippen molar-refractivity contribution in [2.45, 2.75) is 25.8 Å². The molecule has 0 aromatic carbocycles. The molecule has 1 amide bonds. The highest BCUT2D eigenvalue weighted by Crippen LogP contribution is 2.26. The minimum atomic E-state index is 0.187. The van der Waals surface area contributed by atoms with Gasteiger partial charge < -0.3 is 5.32 Å². The first-order chi connectivity index (χ1) is 9.33. The highest BCUT2D eigenvalue weighted by atomic mass is 32.1. The second kappa shape index (κ2) is 5.53. The van der Waals surface area contributed by atoms with Crippen LogP contribution in [0.25, 0.3) is 11.1 Å². The van der Waals surface area contributed by atoms with E-state index in [1.807, 2.05) is 12.4 Å². The van der Waals surface area contributed by atoms with Gasteiger partial charge in [0, 0.05) is 30.4 Å². The highest BCUT2D eigenvalue weighted by Gasteiger charge is 2.24. The van der Waals surface area contributed by atoms with Crippen LogP contribution in [0.5, 0.6) is 0 Å². The Labute approximate surface area is 116 Å². The molecule has 1 fully saturated rings. The van der Waals surface area contributed by atoms with Crippen LogP contribution in [0.4, 0.5) is 0 Å². The number of carbonyl (C=O) groups is 1. The van der Waals surface area contributed by atoms with Gasteiger partial charge in [0.25, 0.3) is 0 Å². The molecule has 0 bridgehead atoms. The van der Waals surface area contributed by atoms with Crippen LogP contribution in [0.2, 0.25) is 0 Å². The van der Waals surface area contributed by atoms with Gasteiger partial charge in [-0.15, -0.1) is 0 Å².